The molecule has 0 spiro atoms. The summed E-state index contributed by atoms with van der Waals surface area (Å²) in [5.41, 5.74) is 3.53. The Hall–Kier alpha value is -3.02. The van der Waals surface area contributed by atoms with Crippen LogP contribution in [0.15, 0.2) is 47.6 Å². The van der Waals surface area contributed by atoms with Crippen LogP contribution >= 0.6 is 0 Å². The lowest BCUT2D eigenvalue weighted by Crippen LogP contribution is -2.17. The van der Waals surface area contributed by atoms with Crippen LogP contribution in [0.2, 0.25) is 0 Å². The summed E-state index contributed by atoms with van der Waals surface area (Å²) in [5.74, 6) is 0.992. The van der Waals surface area contributed by atoms with Crippen LogP contribution in [-0.2, 0) is 0 Å². The van der Waals surface area contributed by atoms with E-state index < -0.39 is 0 Å². The highest BCUT2D eigenvalue weighted by Crippen LogP contribution is 2.21. The van der Waals surface area contributed by atoms with Gasteiger partial charge in [0.1, 0.15) is 17.2 Å². The van der Waals surface area contributed by atoms with Gasteiger partial charge < -0.3 is 14.6 Å². The molecule has 0 heterocycles. The Balaban J connectivity index is 2.05. The zero-order chi connectivity index (χ0) is 15.9. The average Bonchev–Trinajstić information content (AvgIpc) is 2.55. The molecule has 0 unspecified atom stereocenters. The molecule has 2 aromatic rings. The van der Waals surface area contributed by atoms with Crippen molar-refractivity contribution in [2.45, 2.75) is 0 Å². The first-order valence-electron chi connectivity index (χ1n) is 6.48. The Morgan fingerprint density at radius 2 is 1.68 bits per heavy atom. The molecule has 22 heavy (non-hydrogen) atoms. The van der Waals surface area contributed by atoms with Crippen LogP contribution in [0.3, 0.4) is 0 Å². The van der Waals surface area contributed by atoms with Crippen LogP contribution in [0.1, 0.15) is 15.9 Å². The molecule has 0 aromatic heterocycles. The largest absolute Gasteiger partial charge is 0.508 e. The second-order valence-corrected chi connectivity index (χ2v) is 4.39. The number of rotatable bonds is 5. The Morgan fingerprint density at radius 1 is 1.09 bits per heavy atom. The summed E-state index contributed by atoms with van der Waals surface area (Å²) in [5, 5.41) is 13.1. The van der Waals surface area contributed by atoms with E-state index in [0.29, 0.717) is 17.1 Å². The molecule has 0 bridgehead atoms. The van der Waals surface area contributed by atoms with Crippen LogP contribution < -0.4 is 14.9 Å². The van der Waals surface area contributed by atoms with Gasteiger partial charge in [0.2, 0.25) is 0 Å². The number of hydrogen-bond donors (Lipinski definition) is 2. The van der Waals surface area contributed by atoms with Gasteiger partial charge in [0, 0.05) is 17.2 Å². The van der Waals surface area contributed by atoms with E-state index in [9.17, 15) is 9.90 Å². The lowest BCUT2D eigenvalue weighted by Gasteiger charge is -2.05. The molecule has 6 heteroatoms. The zero-order valence-corrected chi connectivity index (χ0v) is 12.2. The number of phenolic OH excluding ortho intramolecular Hbond substituents is 1. The number of carbonyl (C=O) groups excluding carboxylic acids is 1. The van der Waals surface area contributed by atoms with Gasteiger partial charge >= 0.3 is 0 Å². The van der Waals surface area contributed by atoms with Crippen molar-refractivity contribution < 1.29 is 19.4 Å². The van der Waals surface area contributed by atoms with Gasteiger partial charge in [-0.3, -0.25) is 4.79 Å². The number of carbonyl (C=O) groups is 1. The van der Waals surface area contributed by atoms with Gasteiger partial charge in [-0.05, 0) is 36.4 Å². The van der Waals surface area contributed by atoms with E-state index in [0.717, 1.165) is 5.56 Å². The van der Waals surface area contributed by atoms with Crippen LogP contribution in [-0.4, -0.2) is 31.4 Å². The van der Waals surface area contributed by atoms with Crippen molar-refractivity contribution in [3.63, 3.8) is 0 Å². The SMILES string of the molecule is COc1cc(C=NNC(=O)c2ccc(O)cc2)cc(OC)c1. The molecular weight excluding hydrogens is 284 g/mol. The maximum Gasteiger partial charge on any atom is 0.271 e. The number of benzene rings is 2. The molecule has 0 radical (unpaired) electrons. The summed E-state index contributed by atoms with van der Waals surface area (Å²) in [6.45, 7) is 0. The lowest BCUT2D eigenvalue weighted by molar-refractivity contribution is 0.0955. The minimum Gasteiger partial charge on any atom is -0.508 e. The van der Waals surface area contributed by atoms with Gasteiger partial charge in [-0.1, -0.05) is 0 Å². The number of nitrogens with one attached hydrogen (secondary N) is 1. The van der Waals surface area contributed by atoms with E-state index in [-0.39, 0.29) is 11.7 Å². The van der Waals surface area contributed by atoms with Crippen molar-refractivity contribution in [2.24, 2.45) is 5.10 Å². The quantitative estimate of drug-likeness (QED) is 0.655. The highest BCUT2D eigenvalue weighted by molar-refractivity contribution is 5.95. The number of amides is 1. The van der Waals surface area contributed by atoms with Crippen molar-refractivity contribution >= 4 is 12.1 Å². The molecule has 114 valence electrons. The third-order valence-corrected chi connectivity index (χ3v) is 2.88. The van der Waals surface area contributed by atoms with E-state index in [4.69, 9.17) is 9.47 Å². The first-order chi connectivity index (χ1) is 10.6. The fraction of sp³-hybridized carbons (Fsp3) is 0.125. The minimum atomic E-state index is -0.369. The van der Waals surface area contributed by atoms with Crippen LogP contribution in [0.4, 0.5) is 0 Å². The molecule has 2 aromatic carbocycles. The Labute approximate surface area is 128 Å². The smallest absolute Gasteiger partial charge is 0.271 e. The molecule has 0 atom stereocenters. The Bertz CT molecular complexity index is 659. The fourth-order valence-corrected chi connectivity index (χ4v) is 1.75. The minimum absolute atomic E-state index is 0.100. The summed E-state index contributed by atoms with van der Waals surface area (Å²) in [7, 11) is 3.12. The summed E-state index contributed by atoms with van der Waals surface area (Å²) >= 11 is 0. The number of hydrazone groups is 1. The van der Waals surface area contributed by atoms with Crippen molar-refractivity contribution in [1.29, 1.82) is 0 Å². The van der Waals surface area contributed by atoms with Crippen LogP contribution in [0, 0.1) is 0 Å². The molecule has 2 rings (SSSR count). The molecule has 0 aliphatic heterocycles. The van der Waals surface area contributed by atoms with Crippen molar-refractivity contribution in [3.05, 3.63) is 53.6 Å². The van der Waals surface area contributed by atoms with E-state index in [1.54, 1.807) is 32.4 Å². The highest BCUT2D eigenvalue weighted by Gasteiger charge is 2.04. The van der Waals surface area contributed by atoms with Gasteiger partial charge in [0.25, 0.3) is 5.91 Å². The first-order valence-corrected chi connectivity index (χ1v) is 6.48. The van der Waals surface area contributed by atoms with Gasteiger partial charge in [0.05, 0.1) is 20.4 Å². The maximum atomic E-state index is 11.8. The van der Waals surface area contributed by atoms with Crippen molar-refractivity contribution in [3.8, 4) is 17.2 Å². The summed E-state index contributed by atoms with van der Waals surface area (Å²) < 4.78 is 10.3. The second-order valence-electron chi connectivity index (χ2n) is 4.39. The van der Waals surface area contributed by atoms with E-state index >= 15 is 0 Å². The molecule has 0 aliphatic rings. The third-order valence-electron chi connectivity index (χ3n) is 2.88. The lowest BCUT2D eigenvalue weighted by atomic mass is 10.2. The van der Waals surface area contributed by atoms with Crippen LogP contribution in [0.5, 0.6) is 17.2 Å². The Kier molecular flexibility index (Phi) is 4.98. The molecule has 2 N–H and O–H groups in total. The molecule has 0 fully saturated rings. The number of methoxy groups -OCH3 is 2. The van der Waals surface area contributed by atoms with Gasteiger partial charge in [-0.25, -0.2) is 5.43 Å². The molecule has 0 aliphatic carbocycles. The predicted octanol–water partition coefficient (Wildman–Crippen LogP) is 2.17. The van der Waals surface area contributed by atoms with Crippen molar-refractivity contribution in [2.75, 3.05) is 14.2 Å². The summed E-state index contributed by atoms with van der Waals surface area (Å²) in [4.78, 5) is 11.8. The number of phenols is 1. The maximum absolute atomic E-state index is 11.8. The number of nitrogens with zero attached hydrogens (tertiary/aromatic N) is 1. The second kappa shape index (κ2) is 7.12. The molecule has 0 saturated heterocycles. The highest BCUT2D eigenvalue weighted by atomic mass is 16.5. The van der Waals surface area contributed by atoms with E-state index in [1.165, 1.54) is 30.5 Å². The first kappa shape index (κ1) is 15.4. The summed E-state index contributed by atoms with van der Waals surface area (Å²) in [6, 6.07) is 11.2. The van der Waals surface area contributed by atoms with E-state index in [1.807, 2.05) is 0 Å². The molecule has 0 saturated carbocycles. The van der Waals surface area contributed by atoms with Gasteiger partial charge in [-0.15, -0.1) is 0 Å². The third kappa shape index (κ3) is 3.99. The number of aromatic hydroxyl groups is 1. The molecular formula is C16H16N2O4. The normalized spacial score (nSPS) is 10.5. The van der Waals surface area contributed by atoms with Crippen LogP contribution in [0.25, 0.3) is 0 Å². The summed E-state index contributed by atoms with van der Waals surface area (Å²) in [6.07, 6.45) is 1.49. The average molecular weight is 300 g/mol. The monoisotopic (exact) mass is 300 g/mol. The zero-order valence-electron chi connectivity index (χ0n) is 12.2. The fourth-order valence-electron chi connectivity index (χ4n) is 1.75. The standard InChI is InChI=1S/C16H16N2O4/c1-21-14-7-11(8-15(9-14)22-2)10-17-18-16(20)12-3-5-13(19)6-4-12/h3-10,19H,1-2H3,(H,18,20). The van der Waals surface area contributed by atoms with Gasteiger partial charge in [-0.2, -0.15) is 5.10 Å². The molecule has 1 amide bonds. The molecule has 6 nitrogen and oxygen atoms in total. The Morgan fingerprint density at radius 3 is 2.23 bits per heavy atom. The number of ether oxygens (including phenoxy) is 2. The van der Waals surface area contributed by atoms with E-state index in [2.05, 4.69) is 10.5 Å². The number of hydrogen-bond acceptors (Lipinski definition) is 5. The van der Waals surface area contributed by atoms with Gasteiger partial charge in [0.15, 0.2) is 0 Å². The topological polar surface area (TPSA) is 80.2 Å². The van der Waals surface area contributed by atoms with Crippen molar-refractivity contribution in [1.82, 2.24) is 5.43 Å². The predicted molar refractivity (Wildman–Crippen MR) is 82.7 cm³/mol.